The molecule has 1 unspecified atom stereocenters. The van der Waals surface area contributed by atoms with Gasteiger partial charge in [-0.1, -0.05) is 0 Å². The van der Waals surface area contributed by atoms with Gasteiger partial charge in [-0.05, 0) is 33.4 Å². The molecule has 0 N–H and O–H groups in total. The van der Waals surface area contributed by atoms with E-state index in [0.717, 1.165) is 23.0 Å². The molecule has 0 saturated carbocycles. The number of amides is 1. The minimum absolute atomic E-state index is 0.0197. The maximum Gasteiger partial charge on any atom is 0.254 e. The van der Waals surface area contributed by atoms with Gasteiger partial charge in [0, 0.05) is 35.1 Å². The van der Waals surface area contributed by atoms with Gasteiger partial charge in [0.1, 0.15) is 6.10 Å². The first-order valence-corrected chi connectivity index (χ1v) is 8.05. The van der Waals surface area contributed by atoms with Gasteiger partial charge in [0.05, 0.1) is 12.1 Å². The Balaban J connectivity index is 1.59. The smallest absolute Gasteiger partial charge is 0.254 e. The van der Waals surface area contributed by atoms with Crippen molar-refractivity contribution in [2.75, 3.05) is 13.1 Å². The second-order valence-corrected chi connectivity index (χ2v) is 6.30. The van der Waals surface area contributed by atoms with Gasteiger partial charge in [-0.3, -0.25) is 4.79 Å². The van der Waals surface area contributed by atoms with Crippen LogP contribution in [0.25, 0.3) is 0 Å². The zero-order valence-corrected chi connectivity index (χ0v) is 13.1. The molecule has 3 heterocycles. The average molecular weight is 353 g/mol. The Bertz CT molecular complexity index is 586. The molecule has 1 amide bonds. The van der Waals surface area contributed by atoms with Crippen molar-refractivity contribution in [3.63, 3.8) is 0 Å². The number of carbonyl (C=O) groups excluding carboxylic acids is 1. The first kappa shape index (κ1) is 13.6. The quantitative estimate of drug-likeness (QED) is 0.851. The Hall–Kier alpha value is -1.40. The summed E-state index contributed by atoms with van der Waals surface area (Å²) >= 11 is 4.88. The average Bonchev–Trinajstić information content (AvgIpc) is 3.12. The van der Waals surface area contributed by atoms with Crippen molar-refractivity contribution in [1.29, 1.82) is 0 Å². The van der Waals surface area contributed by atoms with E-state index in [2.05, 4.69) is 20.9 Å². The van der Waals surface area contributed by atoms with Gasteiger partial charge in [0.25, 0.3) is 5.91 Å². The Morgan fingerprint density at radius 1 is 1.45 bits per heavy atom. The molecule has 0 aromatic carbocycles. The molecule has 1 atom stereocenters. The molecule has 0 bridgehead atoms. The van der Waals surface area contributed by atoms with Crippen molar-refractivity contribution in [1.82, 2.24) is 9.88 Å². The second-order valence-electron chi connectivity index (χ2n) is 4.61. The SMILES string of the molecule is O=C(c1ccsc1)N1CCC(Oc2ccc(Br)cn2)C1. The second kappa shape index (κ2) is 5.93. The van der Waals surface area contributed by atoms with E-state index in [9.17, 15) is 4.79 Å². The summed E-state index contributed by atoms with van der Waals surface area (Å²) in [5.74, 6) is 0.684. The third-order valence-electron chi connectivity index (χ3n) is 3.19. The molecule has 20 heavy (non-hydrogen) atoms. The van der Waals surface area contributed by atoms with Crippen LogP contribution >= 0.6 is 27.3 Å². The summed E-state index contributed by atoms with van der Waals surface area (Å²) in [5, 5.41) is 3.80. The molecular weight excluding hydrogens is 340 g/mol. The summed E-state index contributed by atoms with van der Waals surface area (Å²) in [4.78, 5) is 18.2. The van der Waals surface area contributed by atoms with Crippen LogP contribution in [0.2, 0.25) is 0 Å². The number of thiophene rings is 1. The number of hydrogen-bond acceptors (Lipinski definition) is 4. The Morgan fingerprint density at radius 3 is 3.05 bits per heavy atom. The van der Waals surface area contributed by atoms with Crippen LogP contribution in [0.3, 0.4) is 0 Å². The summed E-state index contributed by atoms with van der Waals surface area (Å²) in [6.45, 7) is 1.35. The Labute approximate surface area is 129 Å². The van der Waals surface area contributed by atoms with Crippen molar-refractivity contribution in [2.24, 2.45) is 0 Å². The summed E-state index contributed by atoms with van der Waals surface area (Å²) in [5.41, 5.74) is 0.761. The maximum atomic E-state index is 12.2. The van der Waals surface area contributed by atoms with Gasteiger partial charge < -0.3 is 9.64 Å². The number of aromatic nitrogens is 1. The molecule has 4 nitrogen and oxygen atoms in total. The van der Waals surface area contributed by atoms with Crippen LogP contribution in [-0.2, 0) is 0 Å². The van der Waals surface area contributed by atoms with Crippen LogP contribution < -0.4 is 4.74 Å². The van der Waals surface area contributed by atoms with Crippen LogP contribution in [0.15, 0.2) is 39.6 Å². The van der Waals surface area contributed by atoms with Gasteiger partial charge in [-0.15, -0.1) is 0 Å². The lowest BCUT2D eigenvalue weighted by atomic mass is 10.3. The lowest BCUT2D eigenvalue weighted by molar-refractivity contribution is 0.0771. The fourth-order valence-electron chi connectivity index (χ4n) is 2.18. The van der Waals surface area contributed by atoms with Crippen molar-refractivity contribution < 1.29 is 9.53 Å². The van der Waals surface area contributed by atoms with Gasteiger partial charge in [-0.2, -0.15) is 11.3 Å². The summed E-state index contributed by atoms with van der Waals surface area (Å²) < 4.78 is 6.73. The number of hydrogen-bond donors (Lipinski definition) is 0. The number of ether oxygens (including phenoxy) is 1. The topological polar surface area (TPSA) is 42.4 Å². The number of likely N-dealkylation sites (tertiary alicyclic amines) is 1. The Kier molecular flexibility index (Phi) is 4.03. The predicted octanol–water partition coefficient (Wildman–Crippen LogP) is 3.20. The van der Waals surface area contributed by atoms with Crippen LogP contribution in [0.5, 0.6) is 5.88 Å². The zero-order chi connectivity index (χ0) is 13.9. The van der Waals surface area contributed by atoms with Crippen LogP contribution in [0.4, 0.5) is 0 Å². The molecule has 1 aliphatic heterocycles. The molecular formula is C14H13BrN2O2S. The van der Waals surface area contributed by atoms with Gasteiger partial charge in [-0.25, -0.2) is 4.98 Å². The van der Waals surface area contributed by atoms with E-state index < -0.39 is 0 Å². The minimum Gasteiger partial charge on any atom is -0.472 e. The fourth-order valence-corrected chi connectivity index (χ4v) is 3.04. The Morgan fingerprint density at radius 2 is 2.35 bits per heavy atom. The molecule has 0 radical (unpaired) electrons. The van der Waals surface area contributed by atoms with Crippen molar-refractivity contribution >= 4 is 33.2 Å². The lowest BCUT2D eigenvalue weighted by Gasteiger charge is -2.16. The molecule has 6 heteroatoms. The molecule has 2 aromatic heterocycles. The molecule has 1 aliphatic rings. The maximum absolute atomic E-state index is 12.2. The molecule has 0 spiro atoms. The van der Waals surface area contributed by atoms with Crippen molar-refractivity contribution in [3.05, 3.63) is 45.2 Å². The van der Waals surface area contributed by atoms with E-state index in [4.69, 9.17) is 4.74 Å². The minimum atomic E-state index is 0.0197. The van der Waals surface area contributed by atoms with Crippen molar-refractivity contribution in [3.8, 4) is 5.88 Å². The number of nitrogens with zero attached hydrogens (tertiary/aromatic N) is 2. The van der Waals surface area contributed by atoms with E-state index in [-0.39, 0.29) is 12.0 Å². The highest BCUT2D eigenvalue weighted by atomic mass is 79.9. The number of halogens is 1. The first-order valence-electron chi connectivity index (χ1n) is 6.32. The standard InChI is InChI=1S/C14H13BrN2O2S/c15-11-1-2-13(16-7-11)19-12-3-5-17(8-12)14(18)10-4-6-20-9-10/h1-2,4,6-7,9,12H,3,5,8H2. The fraction of sp³-hybridized carbons (Fsp3) is 0.286. The molecule has 0 aliphatic carbocycles. The highest BCUT2D eigenvalue weighted by Gasteiger charge is 2.28. The number of rotatable bonds is 3. The highest BCUT2D eigenvalue weighted by Crippen LogP contribution is 2.20. The largest absolute Gasteiger partial charge is 0.472 e. The first-order chi connectivity index (χ1) is 9.72. The summed E-state index contributed by atoms with van der Waals surface area (Å²) in [7, 11) is 0. The summed E-state index contributed by atoms with van der Waals surface area (Å²) in [6.07, 6.45) is 2.57. The van der Waals surface area contributed by atoms with E-state index in [0.29, 0.717) is 12.4 Å². The van der Waals surface area contributed by atoms with Crippen LogP contribution in [-0.4, -0.2) is 35.0 Å². The molecule has 1 saturated heterocycles. The summed E-state index contributed by atoms with van der Waals surface area (Å²) in [6, 6.07) is 5.58. The van der Waals surface area contributed by atoms with Gasteiger partial charge in [0.2, 0.25) is 5.88 Å². The van der Waals surface area contributed by atoms with E-state index >= 15 is 0 Å². The molecule has 2 aromatic rings. The normalized spacial score (nSPS) is 18.2. The molecule has 1 fully saturated rings. The monoisotopic (exact) mass is 352 g/mol. The number of pyridine rings is 1. The van der Waals surface area contributed by atoms with Gasteiger partial charge in [0.15, 0.2) is 0 Å². The van der Waals surface area contributed by atoms with Gasteiger partial charge >= 0.3 is 0 Å². The lowest BCUT2D eigenvalue weighted by Crippen LogP contribution is -2.30. The van der Waals surface area contributed by atoms with Crippen LogP contribution in [0, 0.1) is 0 Å². The van der Waals surface area contributed by atoms with Crippen molar-refractivity contribution in [2.45, 2.75) is 12.5 Å². The van der Waals surface area contributed by atoms with Crippen LogP contribution in [0.1, 0.15) is 16.8 Å². The zero-order valence-electron chi connectivity index (χ0n) is 10.7. The number of carbonyl (C=O) groups is 1. The molecule has 3 rings (SSSR count). The third kappa shape index (κ3) is 3.02. The van der Waals surface area contributed by atoms with E-state index in [1.165, 1.54) is 11.3 Å². The highest BCUT2D eigenvalue weighted by molar-refractivity contribution is 9.10. The van der Waals surface area contributed by atoms with E-state index in [1.807, 2.05) is 33.9 Å². The molecule has 104 valence electrons. The van der Waals surface area contributed by atoms with E-state index in [1.54, 1.807) is 6.20 Å². The predicted molar refractivity (Wildman–Crippen MR) is 81.2 cm³/mol. The third-order valence-corrected chi connectivity index (χ3v) is 4.34.